The SMILES string of the molecule is CCCCCOc1ccc(/C(O)=C2/C(=O)C(=O)N(Cc3cccc(OC)c3)C2c2cccs2)cc1. The van der Waals surface area contributed by atoms with Gasteiger partial charge in [-0.05, 0) is 59.8 Å². The van der Waals surface area contributed by atoms with E-state index in [-0.39, 0.29) is 17.9 Å². The maximum Gasteiger partial charge on any atom is 0.295 e. The predicted octanol–water partition coefficient (Wildman–Crippen LogP) is 5.95. The smallest absolute Gasteiger partial charge is 0.295 e. The monoisotopic (exact) mass is 491 g/mol. The molecule has 1 saturated heterocycles. The molecule has 2 heterocycles. The highest BCUT2D eigenvalue weighted by Gasteiger charge is 2.46. The normalized spacial score (nSPS) is 17.1. The Kier molecular flexibility index (Phi) is 7.87. The van der Waals surface area contributed by atoms with Crippen molar-refractivity contribution in [2.75, 3.05) is 13.7 Å². The first-order valence-electron chi connectivity index (χ1n) is 11.7. The zero-order chi connectivity index (χ0) is 24.8. The summed E-state index contributed by atoms with van der Waals surface area (Å²) in [5.74, 6) is -0.144. The molecule has 3 aromatic rings. The number of likely N-dealkylation sites (tertiary alicyclic amines) is 1. The highest BCUT2D eigenvalue weighted by atomic mass is 32.1. The third-order valence-electron chi connectivity index (χ3n) is 5.98. The molecule has 0 spiro atoms. The summed E-state index contributed by atoms with van der Waals surface area (Å²) in [7, 11) is 1.58. The van der Waals surface area contributed by atoms with Crippen molar-refractivity contribution in [2.24, 2.45) is 0 Å². The van der Waals surface area contributed by atoms with Gasteiger partial charge in [0.25, 0.3) is 11.7 Å². The molecule has 6 nitrogen and oxygen atoms in total. The third kappa shape index (κ3) is 5.41. The summed E-state index contributed by atoms with van der Waals surface area (Å²) in [4.78, 5) is 28.6. The predicted molar refractivity (Wildman–Crippen MR) is 137 cm³/mol. The number of carbonyl (C=O) groups excluding carboxylic acids is 2. The Balaban J connectivity index is 1.66. The molecule has 1 unspecified atom stereocenters. The minimum Gasteiger partial charge on any atom is -0.507 e. The fraction of sp³-hybridized carbons (Fsp3) is 0.286. The van der Waals surface area contributed by atoms with E-state index < -0.39 is 17.7 Å². The molecular weight excluding hydrogens is 462 g/mol. The Hall–Kier alpha value is -3.58. The van der Waals surface area contributed by atoms with Crippen LogP contribution in [0.25, 0.3) is 5.76 Å². The number of hydrogen-bond acceptors (Lipinski definition) is 6. The number of aliphatic hydroxyl groups excluding tert-OH is 1. The molecule has 0 radical (unpaired) electrons. The van der Waals surface area contributed by atoms with Crippen molar-refractivity contribution < 1.29 is 24.2 Å². The first-order chi connectivity index (χ1) is 17.0. The van der Waals surface area contributed by atoms with Gasteiger partial charge in [-0.2, -0.15) is 0 Å². The number of ketones is 1. The average molecular weight is 492 g/mol. The Morgan fingerprint density at radius 2 is 1.83 bits per heavy atom. The van der Waals surface area contributed by atoms with Crippen LogP contribution >= 0.6 is 11.3 Å². The number of methoxy groups -OCH3 is 1. The standard InChI is InChI=1S/C28H29NO5S/c1-3-4-5-15-34-21-13-11-20(12-14-21)26(30)24-25(23-10-7-16-35-23)29(28(32)27(24)31)18-19-8-6-9-22(17-19)33-2/h6-14,16-17,25,30H,3-5,15,18H2,1-2H3/b26-24-. The summed E-state index contributed by atoms with van der Waals surface area (Å²) in [6, 6.07) is 17.4. The van der Waals surface area contributed by atoms with Gasteiger partial charge in [-0.3, -0.25) is 9.59 Å². The van der Waals surface area contributed by atoms with E-state index in [2.05, 4.69) is 6.92 Å². The highest BCUT2D eigenvalue weighted by Crippen LogP contribution is 2.42. The fourth-order valence-corrected chi connectivity index (χ4v) is 5.01. The summed E-state index contributed by atoms with van der Waals surface area (Å²) in [6.45, 7) is 2.99. The second-order valence-corrected chi connectivity index (χ2v) is 9.35. The van der Waals surface area contributed by atoms with E-state index in [1.807, 2.05) is 41.8 Å². The number of unbranched alkanes of at least 4 members (excludes halogenated alkanes) is 2. The number of nitrogens with zero attached hydrogens (tertiary/aromatic N) is 1. The summed E-state index contributed by atoms with van der Waals surface area (Å²) < 4.78 is 11.1. The summed E-state index contributed by atoms with van der Waals surface area (Å²) in [6.07, 6.45) is 3.21. The van der Waals surface area contributed by atoms with E-state index >= 15 is 0 Å². The number of hydrogen-bond donors (Lipinski definition) is 1. The maximum atomic E-state index is 13.2. The van der Waals surface area contributed by atoms with Crippen molar-refractivity contribution >= 4 is 28.8 Å². The Morgan fingerprint density at radius 1 is 1.03 bits per heavy atom. The second kappa shape index (κ2) is 11.2. The molecule has 1 aliphatic rings. The van der Waals surface area contributed by atoms with Crippen molar-refractivity contribution in [1.82, 2.24) is 4.90 Å². The molecule has 1 atom stereocenters. The van der Waals surface area contributed by atoms with Gasteiger partial charge >= 0.3 is 0 Å². The maximum absolute atomic E-state index is 13.2. The average Bonchev–Trinajstić information content (AvgIpc) is 3.50. The Bertz CT molecular complexity index is 1200. The van der Waals surface area contributed by atoms with Crippen molar-refractivity contribution in [3.05, 3.63) is 87.6 Å². The van der Waals surface area contributed by atoms with Crippen LogP contribution in [-0.4, -0.2) is 35.4 Å². The van der Waals surface area contributed by atoms with Crippen LogP contribution in [0.5, 0.6) is 11.5 Å². The number of aliphatic hydroxyl groups is 1. The quantitative estimate of drug-likeness (QED) is 0.164. The van der Waals surface area contributed by atoms with Gasteiger partial charge in [0.2, 0.25) is 0 Å². The molecular formula is C28H29NO5S. The molecule has 35 heavy (non-hydrogen) atoms. The number of benzene rings is 2. The molecule has 1 fully saturated rings. The van der Waals surface area contributed by atoms with Crippen LogP contribution < -0.4 is 9.47 Å². The van der Waals surface area contributed by atoms with E-state index in [1.165, 1.54) is 16.2 Å². The van der Waals surface area contributed by atoms with Crippen LogP contribution in [0.3, 0.4) is 0 Å². The van der Waals surface area contributed by atoms with Crippen molar-refractivity contribution in [2.45, 2.75) is 38.8 Å². The minimum absolute atomic E-state index is 0.0944. The van der Waals surface area contributed by atoms with Crippen LogP contribution in [0.1, 0.15) is 48.2 Å². The summed E-state index contributed by atoms with van der Waals surface area (Å²) in [5.41, 5.74) is 1.39. The molecule has 182 valence electrons. The molecule has 0 bridgehead atoms. The second-order valence-electron chi connectivity index (χ2n) is 8.37. The molecule has 1 aromatic heterocycles. The number of Topliss-reactive ketones (excluding diaryl/α,β-unsaturated/α-hetero) is 1. The number of amides is 1. The number of ether oxygens (including phenoxy) is 2. The molecule has 0 saturated carbocycles. The van der Waals surface area contributed by atoms with Gasteiger partial charge in [-0.25, -0.2) is 0 Å². The fourth-order valence-electron chi connectivity index (χ4n) is 4.16. The molecule has 1 amide bonds. The van der Waals surface area contributed by atoms with E-state index in [0.29, 0.717) is 23.7 Å². The first-order valence-corrected chi connectivity index (χ1v) is 12.6. The molecule has 7 heteroatoms. The van der Waals surface area contributed by atoms with Crippen LogP contribution in [-0.2, 0) is 16.1 Å². The van der Waals surface area contributed by atoms with Crippen LogP contribution in [0, 0.1) is 0 Å². The van der Waals surface area contributed by atoms with Crippen LogP contribution in [0.2, 0.25) is 0 Å². The van der Waals surface area contributed by atoms with Crippen molar-refractivity contribution in [1.29, 1.82) is 0 Å². The third-order valence-corrected chi connectivity index (χ3v) is 6.91. The Morgan fingerprint density at radius 3 is 2.51 bits per heavy atom. The zero-order valence-electron chi connectivity index (χ0n) is 19.9. The highest BCUT2D eigenvalue weighted by molar-refractivity contribution is 7.10. The van der Waals surface area contributed by atoms with Crippen molar-refractivity contribution in [3.63, 3.8) is 0 Å². The molecule has 1 N–H and O–H groups in total. The molecule has 0 aliphatic carbocycles. The van der Waals surface area contributed by atoms with Gasteiger partial charge in [0.15, 0.2) is 0 Å². The number of thiophene rings is 1. The van der Waals surface area contributed by atoms with Gasteiger partial charge in [0.1, 0.15) is 17.3 Å². The largest absolute Gasteiger partial charge is 0.507 e. The molecule has 2 aromatic carbocycles. The lowest BCUT2D eigenvalue weighted by molar-refractivity contribution is -0.140. The number of carbonyl (C=O) groups is 2. The minimum atomic E-state index is -0.691. The molecule has 1 aliphatic heterocycles. The summed E-state index contributed by atoms with van der Waals surface area (Å²) >= 11 is 1.44. The lowest BCUT2D eigenvalue weighted by atomic mass is 9.99. The van der Waals surface area contributed by atoms with E-state index in [4.69, 9.17) is 9.47 Å². The summed E-state index contributed by atoms with van der Waals surface area (Å²) in [5, 5.41) is 13.1. The van der Waals surface area contributed by atoms with Gasteiger partial charge in [0, 0.05) is 17.0 Å². The molecule has 4 rings (SSSR count). The van der Waals surface area contributed by atoms with E-state index in [9.17, 15) is 14.7 Å². The zero-order valence-corrected chi connectivity index (χ0v) is 20.7. The Labute approximate surface area is 209 Å². The van der Waals surface area contributed by atoms with Crippen LogP contribution in [0.15, 0.2) is 71.6 Å². The number of rotatable bonds is 10. The topological polar surface area (TPSA) is 76.1 Å². The van der Waals surface area contributed by atoms with E-state index in [1.54, 1.807) is 31.4 Å². The lowest BCUT2D eigenvalue weighted by Crippen LogP contribution is -2.28. The van der Waals surface area contributed by atoms with Gasteiger partial charge in [0.05, 0.1) is 25.3 Å². The lowest BCUT2D eigenvalue weighted by Gasteiger charge is -2.24. The van der Waals surface area contributed by atoms with Crippen LogP contribution in [0.4, 0.5) is 0 Å². The van der Waals surface area contributed by atoms with Gasteiger partial charge < -0.3 is 19.5 Å². The van der Waals surface area contributed by atoms with Gasteiger partial charge in [-0.1, -0.05) is 38.0 Å². The van der Waals surface area contributed by atoms with Gasteiger partial charge in [-0.15, -0.1) is 11.3 Å². The van der Waals surface area contributed by atoms with Crippen molar-refractivity contribution in [3.8, 4) is 11.5 Å². The first kappa shape index (κ1) is 24.5. The van der Waals surface area contributed by atoms with E-state index in [0.717, 1.165) is 29.7 Å².